The van der Waals surface area contributed by atoms with Crippen molar-refractivity contribution < 1.29 is 4.74 Å². The van der Waals surface area contributed by atoms with Crippen molar-refractivity contribution >= 4 is 17.6 Å². The second-order valence-corrected chi connectivity index (χ2v) is 4.30. The zero-order chi connectivity index (χ0) is 14.4. The molecule has 0 saturated heterocycles. The number of nitrogens with one attached hydrogen (secondary N) is 2. The first-order valence-corrected chi connectivity index (χ1v) is 6.62. The first-order chi connectivity index (χ1) is 9.72. The molecule has 106 valence electrons. The summed E-state index contributed by atoms with van der Waals surface area (Å²) in [6, 6.07) is 8.27. The number of para-hydroxylation sites is 1. The molecule has 1 aromatic heterocycles. The average Bonchev–Trinajstić information content (AvgIpc) is 2.47. The highest BCUT2D eigenvalue weighted by Crippen LogP contribution is 2.19. The molecule has 6 nitrogen and oxygen atoms in total. The minimum Gasteiger partial charge on any atom is -0.463 e. The third kappa shape index (κ3) is 3.57. The Morgan fingerprint density at radius 3 is 2.55 bits per heavy atom. The van der Waals surface area contributed by atoms with E-state index in [-0.39, 0.29) is 0 Å². The summed E-state index contributed by atoms with van der Waals surface area (Å²) in [5.41, 5.74) is 2.08. The molecule has 2 N–H and O–H groups in total. The van der Waals surface area contributed by atoms with Crippen LogP contribution in [0, 0.1) is 6.92 Å². The van der Waals surface area contributed by atoms with E-state index in [1.54, 1.807) is 7.05 Å². The quantitative estimate of drug-likeness (QED) is 0.843. The topological polar surface area (TPSA) is 72.0 Å². The smallest absolute Gasteiger partial charge is 0.323 e. The van der Waals surface area contributed by atoms with E-state index >= 15 is 0 Å². The molecule has 0 atom stereocenters. The molecule has 0 fully saturated rings. The molecule has 0 aliphatic heterocycles. The Labute approximate surface area is 118 Å². The van der Waals surface area contributed by atoms with Gasteiger partial charge in [0.2, 0.25) is 11.9 Å². The Hall–Kier alpha value is -2.37. The Morgan fingerprint density at radius 1 is 1.10 bits per heavy atom. The highest BCUT2D eigenvalue weighted by Gasteiger charge is 2.07. The van der Waals surface area contributed by atoms with E-state index in [1.807, 2.05) is 38.1 Å². The van der Waals surface area contributed by atoms with Crippen LogP contribution in [0.15, 0.2) is 24.3 Å². The Morgan fingerprint density at radius 2 is 1.85 bits per heavy atom. The van der Waals surface area contributed by atoms with Crippen LogP contribution in [0.5, 0.6) is 6.01 Å². The van der Waals surface area contributed by atoms with Crippen molar-refractivity contribution in [3.8, 4) is 6.01 Å². The lowest BCUT2D eigenvalue weighted by molar-refractivity contribution is 0.292. The maximum absolute atomic E-state index is 5.46. The van der Waals surface area contributed by atoms with Crippen molar-refractivity contribution in [2.45, 2.75) is 20.3 Å². The maximum atomic E-state index is 5.46. The highest BCUT2D eigenvalue weighted by atomic mass is 16.5. The van der Waals surface area contributed by atoms with Gasteiger partial charge in [0.05, 0.1) is 6.61 Å². The van der Waals surface area contributed by atoms with Crippen LogP contribution in [0.3, 0.4) is 0 Å². The van der Waals surface area contributed by atoms with E-state index in [1.165, 1.54) is 0 Å². The van der Waals surface area contributed by atoms with Crippen LogP contribution in [-0.4, -0.2) is 28.6 Å². The van der Waals surface area contributed by atoms with Gasteiger partial charge in [0, 0.05) is 12.7 Å². The van der Waals surface area contributed by atoms with Crippen molar-refractivity contribution in [2.75, 3.05) is 24.3 Å². The molecule has 0 spiro atoms. The molecule has 0 unspecified atom stereocenters. The molecule has 0 amide bonds. The summed E-state index contributed by atoms with van der Waals surface area (Å²) in [7, 11) is 1.76. The lowest BCUT2D eigenvalue weighted by atomic mass is 10.2. The second-order valence-electron chi connectivity index (χ2n) is 4.30. The minimum absolute atomic E-state index is 0.322. The summed E-state index contributed by atoms with van der Waals surface area (Å²) in [4.78, 5) is 12.7. The molecule has 0 radical (unpaired) electrons. The number of aromatic nitrogens is 3. The fraction of sp³-hybridized carbons (Fsp3) is 0.357. The van der Waals surface area contributed by atoms with Gasteiger partial charge in [-0.25, -0.2) is 0 Å². The number of ether oxygens (including phenoxy) is 1. The van der Waals surface area contributed by atoms with Gasteiger partial charge in [-0.1, -0.05) is 25.1 Å². The molecule has 0 aliphatic carbocycles. The molecule has 2 aromatic rings. The Kier molecular flexibility index (Phi) is 4.70. The van der Waals surface area contributed by atoms with Gasteiger partial charge in [-0.2, -0.15) is 15.0 Å². The largest absolute Gasteiger partial charge is 0.463 e. The lowest BCUT2D eigenvalue weighted by Gasteiger charge is -2.10. The van der Waals surface area contributed by atoms with Crippen molar-refractivity contribution in [1.29, 1.82) is 0 Å². The molecule has 6 heteroatoms. The Bertz CT molecular complexity index is 573. The van der Waals surface area contributed by atoms with Crippen LogP contribution in [0.1, 0.15) is 18.9 Å². The summed E-state index contributed by atoms with van der Waals surface area (Å²) in [5, 5.41) is 6.08. The van der Waals surface area contributed by atoms with Crippen LogP contribution in [0.25, 0.3) is 0 Å². The second kappa shape index (κ2) is 6.70. The van der Waals surface area contributed by atoms with Gasteiger partial charge in [0.15, 0.2) is 0 Å². The van der Waals surface area contributed by atoms with E-state index in [0.29, 0.717) is 24.5 Å². The van der Waals surface area contributed by atoms with Crippen LogP contribution in [0.2, 0.25) is 0 Å². The minimum atomic E-state index is 0.322. The summed E-state index contributed by atoms with van der Waals surface area (Å²) >= 11 is 0. The highest BCUT2D eigenvalue weighted by molar-refractivity contribution is 5.58. The number of rotatable bonds is 6. The zero-order valence-corrected chi connectivity index (χ0v) is 12.0. The molecule has 0 bridgehead atoms. The van der Waals surface area contributed by atoms with E-state index in [2.05, 4.69) is 25.6 Å². The van der Waals surface area contributed by atoms with Crippen LogP contribution in [0.4, 0.5) is 17.6 Å². The SMILES string of the molecule is CCCOc1nc(NC)nc(Nc2ccccc2C)n1. The summed E-state index contributed by atoms with van der Waals surface area (Å²) in [6.07, 6.45) is 0.904. The van der Waals surface area contributed by atoms with Crippen LogP contribution < -0.4 is 15.4 Å². The number of hydrogen-bond acceptors (Lipinski definition) is 6. The summed E-state index contributed by atoms with van der Waals surface area (Å²) in [5.74, 6) is 0.937. The molecule has 2 rings (SSSR count). The standard InChI is InChI=1S/C14H19N5O/c1-4-9-20-14-18-12(15-3)17-13(19-14)16-11-8-6-5-7-10(11)2/h5-8H,4,9H2,1-3H3,(H2,15,16,17,18,19). The van der Waals surface area contributed by atoms with Gasteiger partial charge in [0.25, 0.3) is 0 Å². The number of aryl methyl sites for hydroxylation is 1. The molecule has 1 heterocycles. The van der Waals surface area contributed by atoms with Gasteiger partial charge in [-0.3, -0.25) is 0 Å². The Balaban J connectivity index is 2.24. The van der Waals surface area contributed by atoms with Crippen molar-refractivity contribution in [2.24, 2.45) is 0 Å². The molecule has 1 aromatic carbocycles. The average molecular weight is 273 g/mol. The summed E-state index contributed by atoms with van der Waals surface area (Å²) < 4.78 is 5.46. The molecular weight excluding hydrogens is 254 g/mol. The van der Waals surface area contributed by atoms with Crippen molar-refractivity contribution in [1.82, 2.24) is 15.0 Å². The van der Waals surface area contributed by atoms with Crippen molar-refractivity contribution in [3.63, 3.8) is 0 Å². The summed E-state index contributed by atoms with van der Waals surface area (Å²) in [6.45, 7) is 4.64. The number of nitrogens with zero attached hydrogens (tertiary/aromatic N) is 3. The van der Waals surface area contributed by atoms with Gasteiger partial charge in [0.1, 0.15) is 0 Å². The monoisotopic (exact) mass is 273 g/mol. The van der Waals surface area contributed by atoms with E-state index in [0.717, 1.165) is 17.7 Å². The predicted molar refractivity (Wildman–Crippen MR) is 79.6 cm³/mol. The van der Waals surface area contributed by atoms with Crippen LogP contribution in [-0.2, 0) is 0 Å². The normalized spacial score (nSPS) is 10.2. The molecular formula is C14H19N5O. The van der Waals surface area contributed by atoms with Gasteiger partial charge >= 0.3 is 6.01 Å². The van der Waals surface area contributed by atoms with Gasteiger partial charge in [-0.15, -0.1) is 0 Å². The first-order valence-electron chi connectivity index (χ1n) is 6.62. The fourth-order valence-corrected chi connectivity index (χ4v) is 1.62. The molecule has 0 aliphatic rings. The van der Waals surface area contributed by atoms with Gasteiger partial charge < -0.3 is 15.4 Å². The van der Waals surface area contributed by atoms with E-state index < -0.39 is 0 Å². The van der Waals surface area contributed by atoms with Crippen LogP contribution >= 0.6 is 0 Å². The van der Waals surface area contributed by atoms with Gasteiger partial charge in [-0.05, 0) is 25.0 Å². The number of benzene rings is 1. The first kappa shape index (κ1) is 14.0. The lowest BCUT2D eigenvalue weighted by Crippen LogP contribution is -2.08. The van der Waals surface area contributed by atoms with Crippen molar-refractivity contribution in [3.05, 3.63) is 29.8 Å². The van der Waals surface area contributed by atoms with E-state index in [9.17, 15) is 0 Å². The maximum Gasteiger partial charge on any atom is 0.323 e. The third-order valence-electron chi connectivity index (χ3n) is 2.67. The predicted octanol–water partition coefficient (Wildman–Crippen LogP) is 2.75. The molecule has 0 saturated carbocycles. The third-order valence-corrected chi connectivity index (χ3v) is 2.67. The molecule has 20 heavy (non-hydrogen) atoms. The fourth-order valence-electron chi connectivity index (χ4n) is 1.62. The number of hydrogen-bond donors (Lipinski definition) is 2. The van der Waals surface area contributed by atoms with E-state index in [4.69, 9.17) is 4.74 Å². The number of anilines is 3. The zero-order valence-electron chi connectivity index (χ0n) is 12.0.